The third-order valence-electron chi connectivity index (χ3n) is 21.6. The Morgan fingerprint density at radius 2 is 0.602 bits per heavy atom. The number of hydrogen-bond acceptors (Lipinski definition) is 2. The van der Waals surface area contributed by atoms with Gasteiger partial charge >= 0.3 is 0 Å². The van der Waals surface area contributed by atoms with Crippen LogP contribution in [0.4, 0.5) is 34.1 Å². The van der Waals surface area contributed by atoms with Crippen molar-refractivity contribution >= 4 is 101 Å². The van der Waals surface area contributed by atoms with Gasteiger partial charge in [-0.15, -0.1) is 0 Å². The summed E-state index contributed by atoms with van der Waals surface area (Å²) in [5, 5.41) is 4.35. The van der Waals surface area contributed by atoms with E-state index in [0.717, 1.165) is 122 Å². The van der Waals surface area contributed by atoms with Crippen LogP contribution in [-0.2, 0) is 27.1 Å². The van der Waals surface area contributed by atoms with E-state index in [2.05, 4.69) is 293 Å². The van der Waals surface area contributed by atoms with Gasteiger partial charge in [-0.25, -0.2) is 0 Å². The summed E-state index contributed by atoms with van der Waals surface area (Å²) in [5.41, 5.74) is 22.9. The van der Waals surface area contributed by atoms with Crippen LogP contribution >= 0.6 is 0 Å². The summed E-state index contributed by atoms with van der Waals surface area (Å²) in [7, 11) is 0. The van der Waals surface area contributed by atoms with Crippen LogP contribution in [0.5, 0.6) is 0 Å². The number of fused-ring (bicyclic) bond motifs is 10. The number of nitrogens with zero attached hydrogens (tertiary/aromatic N) is 4. The number of para-hydroxylation sites is 6. The first-order valence-electron chi connectivity index (χ1n) is 41.2. The number of anilines is 6. The van der Waals surface area contributed by atoms with Crippen LogP contribution in [0.2, 0.25) is 0 Å². The molecule has 4 heterocycles. The van der Waals surface area contributed by atoms with Crippen molar-refractivity contribution in [1.29, 1.82) is 0 Å². The molecule has 506 valence electrons. The summed E-state index contributed by atoms with van der Waals surface area (Å²) in [6.07, 6.45) is 0. The predicted molar refractivity (Wildman–Crippen MR) is 444 cm³/mol. The Labute approximate surface area is 623 Å². The zero-order valence-corrected chi connectivity index (χ0v) is 61.7. The fourth-order valence-electron chi connectivity index (χ4n) is 16.1. The molecule has 0 unspecified atom stereocenters. The molecule has 0 aliphatic carbocycles. The zero-order valence-electron chi connectivity index (χ0n) is 71.7. The van der Waals surface area contributed by atoms with Gasteiger partial charge in [-0.3, -0.25) is 0 Å². The number of benzene rings is 13. The van der Waals surface area contributed by atoms with Crippen molar-refractivity contribution in [2.75, 3.05) is 9.80 Å². The summed E-state index contributed by atoms with van der Waals surface area (Å²) in [4.78, 5) is 4.52. The van der Waals surface area contributed by atoms with E-state index in [0.29, 0.717) is 22.5 Å². The molecule has 13 aromatic carbocycles. The molecule has 2 aliphatic rings. The van der Waals surface area contributed by atoms with Gasteiger partial charge in [0.1, 0.15) is 0 Å². The van der Waals surface area contributed by atoms with Crippen LogP contribution < -0.4 is 26.2 Å². The topological polar surface area (TPSA) is 16.3 Å². The number of hydrogen-bond donors (Lipinski definition) is 0. The van der Waals surface area contributed by atoms with Crippen molar-refractivity contribution < 1.29 is 13.7 Å². The second-order valence-corrected chi connectivity index (χ2v) is 33.5. The average Bonchev–Trinajstić information content (AvgIpc) is 0.748. The Morgan fingerprint density at radius 3 is 0.981 bits per heavy atom. The molecule has 0 atom stereocenters. The van der Waals surface area contributed by atoms with Gasteiger partial charge in [0.2, 0.25) is 0 Å². The molecule has 2 aliphatic heterocycles. The van der Waals surface area contributed by atoms with Crippen LogP contribution in [-0.4, -0.2) is 15.8 Å². The minimum absolute atomic E-state index is 0.0586. The maximum absolute atomic E-state index is 9.74. The molecular formula is C98H91BN4. The van der Waals surface area contributed by atoms with Crippen molar-refractivity contribution in [3.63, 3.8) is 0 Å². The third kappa shape index (κ3) is 10.9. The average molecular weight is 1350 g/mol. The van der Waals surface area contributed by atoms with Gasteiger partial charge in [0.15, 0.2) is 0 Å². The van der Waals surface area contributed by atoms with E-state index < -0.39 is 48.4 Å². The Balaban J connectivity index is 1.02. The first-order valence-corrected chi connectivity index (χ1v) is 36.2. The summed E-state index contributed by atoms with van der Waals surface area (Å²) in [5.74, 6) is 0. The monoisotopic (exact) mass is 1340 g/mol. The smallest absolute Gasteiger partial charge is 0.252 e. The van der Waals surface area contributed by atoms with Gasteiger partial charge in [0.05, 0.1) is 47.1 Å². The minimum Gasteiger partial charge on any atom is -0.311 e. The summed E-state index contributed by atoms with van der Waals surface area (Å²) >= 11 is 0. The van der Waals surface area contributed by atoms with Gasteiger partial charge in [-0.1, -0.05) is 322 Å². The summed E-state index contributed by atoms with van der Waals surface area (Å²) in [6.45, 7) is 33.4. The fourth-order valence-corrected chi connectivity index (χ4v) is 16.1. The molecule has 0 radical (unpaired) electrons. The first kappa shape index (κ1) is 54.8. The molecule has 0 bridgehead atoms. The lowest BCUT2D eigenvalue weighted by Gasteiger charge is -2.46. The highest BCUT2D eigenvalue weighted by Gasteiger charge is 2.46. The van der Waals surface area contributed by atoms with Crippen molar-refractivity contribution in [3.05, 3.63) is 307 Å². The van der Waals surface area contributed by atoms with E-state index in [1.807, 2.05) is 48.5 Å². The number of rotatable bonds is 8. The molecule has 0 saturated heterocycles. The van der Waals surface area contributed by atoms with Gasteiger partial charge in [0, 0.05) is 77.9 Å². The second kappa shape index (κ2) is 23.9. The minimum atomic E-state index is -0.561. The lowest BCUT2D eigenvalue weighted by atomic mass is 9.33. The maximum Gasteiger partial charge on any atom is 0.252 e. The van der Waals surface area contributed by atoms with Crippen molar-refractivity contribution in [2.45, 2.75) is 131 Å². The largest absolute Gasteiger partial charge is 0.311 e. The summed E-state index contributed by atoms with van der Waals surface area (Å²) < 4.78 is 98.3. The third-order valence-corrected chi connectivity index (χ3v) is 21.6. The Kier molecular flexibility index (Phi) is 12.7. The molecule has 5 heteroatoms. The standard InChI is InChI=1S/C98H91BN4/c1-94(2,3)66-52-64(53-67(56-66)95(4,5)6)75-40-30-42-79-77-38-24-28-46-85(77)100(92(75)79)71-48-50-81-87(60-71)102(83-44-26-22-36-73(83)62-32-18-16-19-33-62)89-58-70(98(13,14)15)59-90-91(89)99(81)82-51-49-72(61-88(82)103(90)84-45-27-23-37-74(84)63-34-20-17-21-35-63)101-86-47-29-25-39-78(86)80-43-31-41-76(93(80)101)65-54-68(96(7,8)9)57-69(55-65)97(10,11)12/h16-61H,1-15H3/i16D,17D,18D,19D,20D,21D,32D,33D,34D,35D. The molecule has 0 amide bonds. The molecule has 0 N–H and O–H groups in total. The molecular weight excluding hydrogens is 1240 g/mol. The molecule has 0 fully saturated rings. The van der Waals surface area contributed by atoms with Crippen LogP contribution in [0.1, 0.15) is 145 Å². The van der Waals surface area contributed by atoms with Crippen molar-refractivity contribution in [2.24, 2.45) is 0 Å². The predicted octanol–water partition coefficient (Wildman–Crippen LogP) is 25.1. The van der Waals surface area contributed by atoms with Gasteiger partial charge in [-0.2, -0.15) is 0 Å². The van der Waals surface area contributed by atoms with Gasteiger partial charge in [-0.05, 0) is 154 Å². The highest BCUT2D eigenvalue weighted by molar-refractivity contribution is 7.00. The zero-order chi connectivity index (χ0) is 80.1. The van der Waals surface area contributed by atoms with E-state index in [4.69, 9.17) is 2.74 Å². The molecule has 2 aromatic heterocycles. The quantitative estimate of drug-likeness (QED) is 0.141. The van der Waals surface area contributed by atoms with Gasteiger partial charge < -0.3 is 18.9 Å². The molecule has 0 spiro atoms. The first-order chi connectivity index (χ1) is 53.4. The normalized spacial score (nSPS) is 14.7. The van der Waals surface area contributed by atoms with Crippen molar-refractivity contribution in [3.8, 4) is 55.9 Å². The van der Waals surface area contributed by atoms with Crippen LogP contribution in [0.25, 0.3) is 99.5 Å². The maximum atomic E-state index is 9.74. The highest BCUT2D eigenvalue weighted by atomic mass is 15.2. The highest BCUT2D eigenvalue weighted by Crippen LogP contribution is 2.52. The second-order valence-electron chi connectivity index (χ2n) is 33.5. The molecule has 15 aromatic rings. The Hall–Kier alpha value is -10.9. The molecule has 0 saturated carbocycles. The van der Waals surface area contributed by atoms with E-state index in [-0.39, 0.29) is 57.0 Å². The number of aromatic nitrogens is 2. The van der Waals surface area contributed by atoms with Crippen LogP contribution in [0.15, 0.2) is 279 Å². The Morgan fingerprint density at radius 1 is 0.272 bits per heavy atom. The Bertz CT molecular complexity index is 6060. The van der Waals surface area contributed by atoms with E-state index in [1.165, 1.54) is 22.3 Å². The fraction of sp³-hybridized carbons (Fsp3) is 0.204. The van der Waals surface area contributed by atoms with E-state index in [1.54, 1.807) is 0 Å². The van der Waals surface area contributed by atoms with E-state index in [9.17, 15) is 11.0 Å². The van der Waals surface area contributed by atoms with Gasteiger partial charge in [0.25, 0.3) is 6.71 Å². The van der Waals surface area contributed by atoms with Crippen LogP contribution in [0, 0.1) is 0 Å². The molecule has 103 heavy (non-hydrogen) atoms. The van der Waals surface area contributed by atoms with Crippen molar-refractivity contribution in [1.82, 2.24) is 9.13 Å². The summed E-state index contributed by atoms with van der Waals surface area (Å²) in [6, 6.07) is 74.2. The lowest BCUT2D eigenvalue weighted by molar-refractivity contribution is 0.568. The lowest BCUT2D eigenvalue weighted by Crippen LogP contribution is -2.61. The molecule has 4 nitrogen and oxygen atoms in total. The van der Waals surface area contributed by atoms with E-state index >= 15 is 0 Å². The molecule has 17 rings (SSSR count). The SMILES string of the molecule is [2H]c1c([2H])c([2H])c(-c2ccccc2N2c3cc(-n4c5ccccc5c5cccc(-c6cc(C(C)(C)C)cc(C(C)(C)C)c6)c54)ccc3B3c4ccc(-n5c6ccccc6c6cccc(-c7cc(C(C)(C)C)cc(C(C)(C)C)c7)c65)cc4N(c4ccccc4-c4c([2H])c([2H])c([2H])c([2H])c4[2H])c4cc(C(C)(C)C)cc2c43)c([2H])c1[2H]. The van der Waals surface area contributed by atoms with Crippen LogP contribution in [0.3, 0.4) is 0 Å².